The van der Waals surface area contributed by atoms with Gasteiger partial charge in [0.15, 0.2) is 0 Å². The highest BCUT2D eigenvalue weighted by Crippen LogP contribution is 2.21. The van der Waals surface area contributed by atoms with Gasteiger partial charge in [0.1, 0.15) is 0 Å². The summed E-state index contributed by atoms with van der Waals surface area (Å²) in [5, 5.41) is 5.48. The van der Waals surface area contributed by atoms with Gasteiger partial charge in [-0.3, -0.25) is 0 Å². The number of halogens is 1. The van der Waals surface area contributed by atoms with Crippen molar-refractivity contribution < 1.29 is 0 Å². The zero-order valence-corrected chi connectivity index (χ0v) is 10.2. The summed E-state index contributed by atoms with van der Waals surface area (Å²) in [6.45, 7) is 7.88. The summed E-state index contributed by atoms with van der Waals surface area (Å²) in [6, 6.07) is 2.08. The van der Waals surface area contributed by atoms with Crippen LogP contribution in [0.1, 0.15) is 18.2 Å². The van der Waals surface area contributed by atoms with Gasteiger partial charge in [-0.2, -0.15) is 0 Å². The summed E-state index contributed by atoms with van der Waals surface area (Å²) in [5.41, 5.74) is 1.23. The molecule has 0 radical (unpaired) electrons. The van der Waals surface area contributed by atoms with Crippen LogP contribution < -0.4 is 5.32 Å². The Labute approximate surface area is 92.0 Å². The molecule has 0 aromatic carbocycles. The van der Waals surface area contributed by atoms with E-state index in [2.05, 4.69) is 46.2 Å². The fraction of sp³-hybridized carbons (Fsp3) is 0.400. The maximum atomic E-state index is 3.86. The first-order valence-electron chi connectivity index (χ1n) is 4.27. The highest BCUT2D eigenvalue weighted by Gasteiger charge is 1.99. The molecule has 0 saturated heterocycles. The molecule has 0 unspecified atom stereocenters. The van der Waals surface area contributed by atoms with Gasteiger partial charge in [-0.05, 0) is 47.3 Å². The van der Waals surface area contributed by atoms with Crippen molar-refractivity contribution >= 4 is 27.3 Å². The van der Waals surface area contributed by atoms with E-state index in [-0.39, 0.29) is 0 Å². The molecule has 13 heavy (non-hydrogen) atoms. The summed E-state index contributed by atoms with van der Waals surface area (Å²) < 4.78 is 1.21. The normalized spacial score (nSPS) is 10.3. The lowest BCUT2D eigenvalue weighted by Crippen LogP contribution is -2.14. The van der Waals surface area contributed by atoms with Crippen LogP contribution in [0, 0.1) is 0 Å². The van der Waals surface area contributed by atoms with E-state index < -0.39 is 0 Å². The Kier molecular flexibility index (Phi) is 4.70. The minimum atomic E-state index is 0.950. The second-order valence-electron chi connectivity index (χ2n) is 3.08. The molecule has 1 rings (SSSR count). The van der Waals surface area contributed by atoms with E-state index in [0.29, 0.717) is 0 Å². The first-order valence-corrected chi connectivity index (χ1v) is 5.94. The third-order valence-corrected chi connectivity index (χ3v) is 3.63. The summed E-state index contributed by atoms with van der Waals surface area (Å²) in [7, 11) is 0. The fourth-order valence-corrected chi connectivity index (χ4v) is 2.42. The Morgan fingerprint density at radius 2 is 2.46 bits per heavy atom. The van der Waals surface area contributed by atoms with Crippen molar-refractivity contribution in [1.82, 2.24) is 5.32 Å². The lowest BCUT2D eigenvalue weighted by atomic mass is 10.2. The van der Waals surface area contributed by atoms with Crippen LogP contribution in [0.3, 0.4) is 0 Å². The van der Waals surface area contributed by atoms with Crippen molar-refractivity contribution in [2.75, 3.05) is 6.54 Å². The first kappa shape index (κ1) is 11.0. The summed E-state index contributed by atoms with van der Waals surface area (Å²) in [4.78, 5) is 1.36. The summed E-state index contributed by atoms with van der Waals surface area (Å²) in [6.07, 6.45) is 1.06. The van der Waals surface area contributed by atoms with Crippen LogP contribution in [0.15, 0.2) is 28.1 Å². The Balaban J connectivity index is 2.20. The van der Waals surface area contributed by atoms with Crippen LogP contribution >= 0.6 is 27.3 Å². The third-order valence-electron chi connectivity index (χ3n) is 1.71. The molecule has 3 heteroatoms. The molecule has 1 aromatic rings. The predicted molar refractivity (Wildman–Crippen MR) is 63.2 cm³/mol. The van der Waals surface area contributed by atoms with Crippen molar-refractivity contribution in [1.29, 1.82) is 0 Å². The maximum absolute atomic E-state index is 3.86. The molecule has 0 saturated carbocycles. The number of nitrogens with one attached hydrogen (secondary N) is 1. The van der Waals surface area contributed by atoms with E-state index in [9.17, 15) is 0 Å². The number of hydrogen-bond donors (Lipinski definition) is 1. The molecule has 0 atom stereocenters. The average Bonchev–Trinajstić information content (AvgIpc) is 2.45. The molecule has 1 aromatic heterocycles. The summed E-state index contributed by atoms with van der Waals surface area (Å²) >= 11 is 5.28. The van der Waals surface area contributed by atoms with Gasteiger partial charge in [0, 0.05) is 15.9 Å². The van der Waals surface area contributed by atoms with Crippen LogP contribution in [-0.4, -0.2) is 6.54 Å². The molecule has 1 heterocycles. The average molecular weight is 260 g/mol. The van der Waals surface area contributed by atoms with Crippen LogP contribution in [0.4, 0.5) is 0 Å². The lowest BCUT2D eigenvalue weighted by molar-refractivity contribution is 0.690. The minimum Gasteiger partial charge on any atom is -0.311 e. The number of rotatable bonds is 5. The molecular weight excluding hydrogens is 246 g/mol. The molecule has 0 fully saturated rings. The molecule has 72 valence electrons. The largest absolute Gasteiger partial charge is 0.311 e. The van der Waals surface area contributed by atoms with Gasteiger partial charge in [-0.1, -0.05) is 5.57 Å². The van der Waals surface area contributed by atoms with Crippen molar-refractivity contribution in [2.24, 2.45) is 0 Å². The predicted octanol–water partition coefficient (Wildman–Crippen LogP) is 3.57. The molecule has 0 aliphatic rings. The van der Waals surface area contributed by atoms with E-state index in [1.54, 1.807) is 11.3 Å². The smallest absolute Gasteiger partial charge is 0.0327 e. The molecule has 0 amide bonds. The highest BCUT2D eigenvalue weighted by atomic mass is 79.9. The van der Waals surface area contributed by atoms with E-state index in [0.717, 1.165) is 19.5 Å². The molecule has 0 spiro atoms. The van der Waals surface area contributed by atoms with Gasteiger partial charge >= 0.3 is 0 Å². The van der Waals surface area contributed by atoms with Crippen LogP contribution in [-0.2, 0) is 6.54 Å². The second kappa shape index (κ2) is 5.58. The van der Waals surface area contributed by atoms with E-state index in [4.69, 9.17) is 0 Å². The van der Waals surface area contributed by atoms with Crippen LogP contribution in [0.2, 0.25) is 0 Å². The standard InChI is InChI=1S/C10H14BrNS/c1-8(2)3-5-12-7-10-9(11)4-6-13-10/h4,6,12H,1,3,5,7H2,2H3. The van der Waals surface area contributed by atoms with Crippen molar-refractivity contribution in [3.8, 4) is 0 Å². The number of hydrogen-bond acceptors (Lipinski definition) is 2. The highest BCUT2D eigenvalue weighted by molar-refractivity contribution is 9.10. The van der Waals surface area contributed by atoms with Gasteiger partial charge in [0.05, 0.1) is 0 Å². The Morgan fingerprint density at radius 3 is 3.00 bits per heavy atom. The molecule has 0 bridgehead atoms. The Bertz CT molecular complexity index is 280. The van der Waals surface area contributed by atoms with Gasteiger partial charge < -0.3 is 5.32 Å². The SMILES string of the molecule is C=C(C)CCNCc1sccc1Br. The Hall–Kier alpha value is -0.120. The van der Waals surface area contributed by atoms with Gasteiger partial charge in [0.25, 0.3) is 0 Å². The zero-order chi connectivity index (χ0) is 9.68. The van der Waals surface area contributed by atoms with E-state index >= 15 is 0 Å². The van der Waals surface area contributed by atoms with Crippen molar-refractivity contribution in [2.45, 2.75) is 19.9 Å². The first-order chi connectivity index (χ1) is 6.20. The Morgan fingerprint density at radius 1 is 1.69 bits per heavy atom. The van der Waals surface area contributed by atoms with E-state index in [1.165, 1.54) is 14.9 Å². The van der Waals surface area contributed by atoms with Crippen LogP contribution in [0.5, 0.6) is 0 Å². The minimum absolute atomic E-state index is 0.950. The maximum Gasteiger partial charge on any atom is 0.0327 e. The molecule has 0 aliphatic carbocycles. The quantitative estimate of drug-likeness (QED) is 0.630. The lowest BCUT2D eigenvalue weighted by Gasteiger charge is -2.02. The van der Waals surface area contributed by atoms with Gasteiger partial charge in [-0.25, -0.2) is 0 Å². The van der Waals surface area contributed by atoms with E-state index in [1.807, 2.05) is 0 Å². The van der Waals surface area contributed by atoms with Gasteiger partial charge in [-0.15, -0.1) is 17.9 Å². The van der Waals surface area contributed by atoms with Crippen molar-refractivity contribution in [3.05, 3.63) is 32.9 Å². The molecule has 1 nitrogen and oxygen atoms in total. The molecule has 0 aliphatic heterocycles. The van der Waals surface area contributed by atoms with Gasteiger partial charge in [0.2, 0.25) is 0 Å². The topological polar surface area (TPSA) is 12.0 Å². The molecular formula is C10H14BrNS. The monoisotopic (exact) mass is 259 g/mol. The second-order valence-corrected chi connectivity index (χ2v) is 4.93. The third kappa shape index (κ3) is 4.07. The fourth-order valence-electron chi connectivity index (χ4n) is 0.955. The zero-order valence-electron chi connectivity index (χ0n) is 7.77. The molecule has 1 N–H and O–H groups in total. The summed E-state index contributed by atoms with van der Waals surface area (Å²) in [5.74, 6) is 0. The van der Waals surface area contributed by atoms with Crippen LogP contribution in [0.25, 0.3) is 0 Å². The number of thiophene rings is 1. The van der Waals surface area contributed by atoms with Crippen molar-refractivity contribution in [3.63, 3.8) is 0 Å².